The molecule has 0 aliphatic carbocycles. The number of aryl methyl sites for hydroxylation is 1. The largest absolute Gasteiger partial charge is 0.324 e. The van der Waals surface area contributed by atoms with Crippen molar-refractivity contribution < 1.29 is 4.39 Å². The van der Waals surface area contributed by atoms with E-state index in [1.165, 1.54) is 6.07 Å². The average molecular weight is 181 g/mol. The van der Waals surface area contributed by atoms with Crippen LogP contribution < -0.4 is 5.73 Å². The number of halogens is 1. The maximum Gasteiger partial charge on any atom is 0.127 e. The summed E-state index contributed by atoms with van der Waals surface area (Å²) in [6.07, 6.45) is 1.81. The van der Waals surface area contributed by atoms with Crippen LogP contribution in [-0.4, -0.2) is 0 Å². The standard InChI is InChI=1S/C11H16FN/c1-3-4-11(13)9-7-8(2)5-6-10(9)12/h5-7,11H,3-4,13H2,1-2H3/t11-/m1/s1. The van der Waals surface area contributed by atoms with Gasteiger partial charge in [0.1, 0.15) is 5.82 Å². The van der Waals surface area contributed by atoms with E-state index < -0.39 is 0 Å². The Morgan fingerprint density at radius 2 is 2.15 bits per heavy atom. The highest BCUT2D eigenvalue weighted by Crippen LogP contribution is 2.20. The molecule has 0 heterocycles. The molecule has 0 saturated heterocycles. The third kappa shape index (κ3) is 2.52. The maximum absolute atomic E-state index is 13.3. The van der Waals surface area contributed by atoms with Gasteiger partial charge in [-0.05, 0) is 19.4 Å². The van der Waals surface area contributed by atoms with Gasteiger partial charge < -0.3 is 5.73 Å². The molecule has 0 amide bonds. The van der Waals surface area contributed by atoms with Crippen LogP contribution >= 0.6 is 0 Å². The van der Waals surface area contributed by atoms with Gasteiger partial charge in [-0.25, -0.2) is 4.39 Å². The monoisotopic (exact) mass is 181 g/mol. The van der Waals surface area contributed by atoms with Crippen LogP contribution in [0.2, 0.25) is 0 Å². The van der Waals surface area contributed by atoms with Crippen LogP contribution in [0.15, 0.2) is 18.2 Å². The van der Waals surface area contributed by atoms with Crippen LogP contribution in [0.4, 0.5) is 4.39 Å². The molecule has 0 radical (unpaired) electrons. The molecule has 72 valence electrons. The zero-order valence-corrected chi connectivity index (χ0v) is 8.18. The maximum atomic E-state index is 13.3. The van der Waals surface area contributed by atoms with E-state index in [0.717, 1.165) is 18.4 Å². The van der Waals surface area contributed by atoms with Crippen LogP contribution in [0.1, 0.15) is 36.9 Å². The zero-order valence-electron chi connectivity index (χ0n) is 8.18. The van der Waals surface area contributed by atoms with E-state index in [2.05, 4.69) is 0 Å². The van der Waals surface area contributed by atoms with Crippen molar-refractivity contribution in [2.75, 3.05) is 0 Å². The fourth-order valence-corrected chi connectivity index (χ4v) is 1.41. The summed E-state index contributed by atoms with van der Waals surface area (Å²) in [5.41, 5.74) is 7.53. The summed E-state index contributed by atoms with van der Waals surface area (Å²) in [5, 5.41) is 0. The van der Waals surface area contributed by atoms with Gasteiger partial charge in [0.2, 0.25) is 0 Å². The molecule has 1 rings (SSSR count). The summed E-state index contributed by atoms with van der Waals surface area (Å²) in [6, 6.07) is 4.91. The van der Waals surface area contributed by atoms with E-state index >= 15 is 0 Å². The quantitative estimate of drug-likeness (QED) is 0.762. The van der Waals surface area contributed by atoms with Gasteiger partial charge in [-0.2, -0.15) is 0 Å². The molecule has 0 spiro atoms. The van der Waals surface area contributed by atoms with Crippen molar-refractivity contribution in [1.29, 1.82) is 0 Å². The van der Waals surface area contributed by atoms with Crippen LogP contribution in [0.25, 0.3) is 0 Å². The van der Waals surface area contributed by atoms with E-state index in [1.807, 2.05) is 19.9 Å². The Balaban J connectivity index is 2.91. The predicted octanol–water partition coefficient (Wildman–Crippen LogP) is 2.93. The Hall–Kier alpha value is -0.890. The van der Waals surface area contributed by atoms with Crippen molar-refractivity contribution in [3.63, 3.8) is 0 Å². The second-order valence-corrected chi connectivity index (χ2v) is 3.42. The summed E-state index contributed by atoms with van der Waals surface area (Å²) >= 11 is 0. The van der Waals surface area contributed by atoms with Crippen molar-refractivity contribution in [3.05, 3.63) is 35.1 Å². The van der Waals surface area contributed by atoms with Gasteiger partial charge in [0.05, 0.1) is 0 Å². The van der Waals surface area contributed by atoms with E-state index in [1.54, 1.807) is 6.07 Å². The van der Waals surface area contributed by atoms with Crippen molar-refractivity contribution in [3.8, 4) is 0 Å². The molecule has 0 saturated carbocycles. The average Bonchev–Trinajstić information content (AvgIpc) is 2.09. The van der Waals surface area contributed by atoms with Crippen molar-refractivity contribution in [1.82, 2.24) is 0 Å². The highest BCUT2D eigenvalue weighted by Gasteiger charge is 2.09. The Kier molecular flexibility index (Phi) is 3.43. The second-order valence-electron chi connectivity index (χ2n) is 3.42. The fourth-order valence-electron chi connectivity index (χ4n) is 1.41. The van der Waals surface area contributed by atoms with Gasteiger partial charge in [0.15, 0.2) is 0 Å². The number of hydrogen-bond donors (Lipinski definition) is 1. The van der Waals surface area contributed by atoms with Gasteiger partial charge in [-0.15, -0.1) is 0 Å². The Morgan fingerprint density at radius 3 is 2.77 bits per heavy atom. The molecule has 0 aliphatic rings. The topological polar surface area (TPSA) is 26.0 Å². The van der Waals surface area contributed by atoms with Gasteiger partial charge >= 0.3 is 0 Å². The predicted molar refractivity (Wildman–Crippen MR) is 53.0 cm³/mol. The fraction of sp³-hybridized carbons (Fsp3) is 0.455. The first-order valence-corrected chi connectivity index (χ1v) is 4.66. The molecule has 0 unspecified atom stereocenters. The molecule has 2 heteroatoms. The lowest BCUT2D eigenvalue weighted by atomic mass is 10.0. The van der Waals surface area contributed by atoms with Crippen LogP contribution in [0, 0.1) is 12.7 Å². The second kappa shape index (κ2) is 4.38. The molecule has 0 fully saturated rings. The van der Waals surface area contributed by atoms with Crippen molar-refractivity contribution in [2.24, 2.45) is 5.73 Å². The minimum atomic E-state index is -0.188. The molecular weight excluding hydrogens is 165 g/mol. The van der Waals surface area contributed by atoms with Crippen LogP contribution in [0.3, 0.4) is 0 Å². The lowest BCUT2D eigenvalue weighted by Crippen LogP contribution is -2.11. The number of benzene rings is 1. The minimum Gasteiger partial charge on any atom is -0.324 e. The smallest absolute Gasteiger partial charge is 0.127 e. The summed E-state index contributed by atoms with van der Waals surface area (Å²) in [4.78, 5) is 0. The number of hydrogen-bond acceptors (Lipinski definition) is 1. The van der Waals surface area contributed by atoms with Gasteiger partial charge in [0.25, 0.3) is 0 Å². The molecule has 0 bridgehead atoms. The third-order valence-corrected chi connectivity index (χ3v) is 2.15. The summed E-state index contributed by atoms with van der Waals surface area (Å²) in [5.74, 6) is -0.188. The Labute approximate surface area is 78.8 Å². The minimum absolute atomic E-state index is 0.162. The zero-order chi connectivity index (χ0) is 9.84. The summed E-state index contributed by atoms with van der Waals surface area (Å²) in [6.45, 7) is 4.00. The highest BCUT2D eigenvalue weighted by atomic mass is 19.1. The first kappa shape index (κ1) is 10.2. The van der Waals surface area contributed by atoms with E-state index in [9.17, 15) is 4.39 Å². The molecule has 1 atom stereocenters. The molecular formula is C11H16FN. The Bertz CT molecular complexity index is 283. The Morgan fingerprint density at radius 1 is 1.46 bits per heavy atom. The van der Waals surface area contributed by atoms with Gasteiger partial charge in [0, 0.05) is 11.6 Å². The molecule has 1 aromatic rings. The molecule has 1 aromatic carbocycles. The lowest BCUT2D eigenvalue weighted by Gasteiger charge is -2.12. The van der Waals surface area contributed by atoms with Gasteiger partial charge in [-0.3, -0.25) is 0 Å². The first-order chi connectivity index (χ1) is 6.15. The van der Waals surface area contributed by atoms with E-state index in [0.29, 0.717) is 5.56 Å². The normalized spacial score (nSPS) is 12.9. The summed E-state index contributed by atoms with van der Waals surface area (Å²) in [7, 11) is 0. The SMILES string of the molecule is CCC[C@@H](N)c1cc(C)ccc1F. The summed E-state index contributed by atoms with van der Waals surface area (Å²) < 4.78 is 13.3. The number of rotatable bonds is 3. The first-order valence-electron chi connectivity index (χ1n) is 4.66. The highest BCUT2D eigenvalue weighted by molar-refractivity contribution is 5.26. The van der Waals surface area contributed by atoms with Crippen LogP contribution in [-0.2, 0) is 0 Å². The lowest BCUT2D eigenvalue weighted by molar-refractivity contribution is 0.559. The molecule has 0 aliphatic heterocycles. The van der Waals surface area contributed by atoms with Crippen molar-refractivity contribution in [2.45, 2.75) is 32.7 Å². The third-order valence-electron chi connectivity index (χ3n) is 2.15. The van der Waals surface area contributed by atoms with E-state index in [4.69, 9.17) is 5.73 Å². The van der Waals surface area contributed by atoms with Crippen molar-refractivity contribution >= 4 is 0 Å². The molecule has 2 N–H and O–H groups in total. The molecule has 1 nitrogen and oxygen atoms in total. The molecule has 0 aromatic heterocycles. The molecule has 13 heavy (non-hydrogen) atoms. The van der Waals surface area contributed by atoms with Crippen LogP contribution in [0.5, 0.6) is 0 Å². The number of nitrogens with two attached hydrogens (primary N) is 1. The van der Waals surface area contributed by atoms with Gasteiger partial charge in [-0.1, -0.05) is 31.0 Å². The van der Waals surface area contributed by atoms with E-state index in [-0.39, 0.29) is 11.9 Å².